The average molecular weight is 419 g/mol. The molecule has 2 N–H and O–H groups in total. The van der Waals surface area contributed by atoms with Crippen molar-refractivity contribution >= 4 is 29.9 Å². The summed E-state index contributed by atoms with van der Waals surface area (Å²) in [5, 5.41) is 6.47. The van der Waals surface area contributed by atoms with E-state index in [4.69, 9.17) is 4.74 Å². The third-order valence-corrected chi connectivity index (χ3v) is 3.18. The number of nitrogens with one attached hydrogen (secondary N) is 2. The fourth-order valence-electron chi connectivity index (χ4n) is 1.89. The number of halogens is 1. The Bertz CT molecular complexity index is 438. The molecule has 0 saturated heterocycles. The van der Waals surface area contributed by atoms with Crippen molar-refractivity contribution in [1.82, 2.24) is 10.6 Å². The number of rotatable bonds is 6. The van der Waals surface area contributed by atoms with Crippen molar-refractivity contribution < 1.29 is 4.74 Å². The first kappa shape index (κ1) is 21.2. The van der Waals surface area contributed by atoms with E-state index in [1.807, 2.05) is 0 Å². The lowest BCUT2D eigenvalue weighted by atomic mass is 9.87. The zero-order valence-electron chi connectivity index (χ0n) is 14.4. The second-order valence-corrected chi connectivity index (χ2v) is 6.06. The van der Waals surface area contributed by atoms with Crippen LogP contribution < -0.4 is 10.6 Å². The molecule has 0 aliphatic rings. The van der Waals surface area contributed by atoms with E-state index in [1.165, 1.54) is 11.1 Å². The molecule has 0 bridgehead atoms. The molecule has 5 heteroatoms. The lowest BCUT2D eigenvalue weighted by Gasteiger charge is -2.19. The Balaban J connectivity index is 0.00000441. The first-order valence-electron chi connectivity index (χ1n) is 7.58. The van der Waals surface area contributed by atoms with E-state index in [2.05, 4.69) is 67.6 Å². The van der Waals surface area contributed by atoms with Gasteiger partial charge in [-0.1, -0.05) is 45.0 Å². The highest BCUT2D eigenvalue weighted by Crippen LogP contribution is 2.22. The minimum Gasteiger partial charge on any atom is -0.383 e. The van der Waals surface area contributed by atoms with Gasteiger partial charge in [-0.2, -0.15) is 0 Å². The zero-order valence-corrected chi connectivity index (χ0v) is 16.7. The van der Waals surface area contributed by atoms with Gasteiger partial charge in [0, 0.05) is 20.2 Å². The van der Waals surface area contributed by atoms with Crippen molar-refractivity contribution in [2.75, 3.05) is 26.8 Å². The van der Waals surface area contributed by atoms with Crippen LogP contribution in [0.25, 0.3) is 0 Å². The second kappa shape index (κ2) is 10.8. The van der Waals surface area contributed by atoms with Crippen LogP contribution in [0.4, 0.5) is 0 Å². The summed E-state index contributed by atoms with van der Waals surface area (Å²) in [5.74, 6) is 0.828. The van der Waals surface area contributed by atoms with Crippen molar-refractivity contribution in [1.29, 1.82) is 0 Å². The topological polar surface area (TPSA) is 45.7 Å². The van der Waals surface area contributed by atoms with Crippen LogP contribution in [0.15, 0.2) is 29.3 Å². The predicted octanol–water partition coefficient (Wildman–Crippen LogP) is 3.30. The predicted molar refractivity (Wildman–Crippen MR) is 105 cm³/mol. The lowest BCUT2D eigenvalue weighted by Crippen LogP contribution is -2.38. The van der Waals surface area contributed by atoms with Crippen LogP contribution >= 0.6 is 24.0 Å². The van der Waals surface area contributed by atoms with Gasteiger partial charge in [0.1, 0.15) is 0 Å². The Morgan fingerprint density at radius 3 is 2.27 bits per heavy atom. The van der Waals surface area contributed by atoms with Gasteiger partial charge in [-0.25, -0.2) is 4.99 Å². The molecule has 126 valence electrons. The van der Waals surface area contributed by atoms with Gasteiger partial charge in [0.2, 0.25) is 0 Å². The summed E-state index contributed by atoms with van der Waals surface area (Å²) >= 11 is 0. The molecule has 0 saturated carbocycles. The summed E-state index contributed by atoms with van der Waals surface area (Å²) in [5.41, 5.74) is 2.76. The maximum Gasteiger partial charge on any atom is 0.191 e. The number of methoxy groups -OCH3 is 1. The van der Waals surface area contributed by atoms with E-state index in [1.54, 1.807) is 7.11 Å². The quantitative estimate of drug-likeness (QED) is 0.322. The SMILES string of the molecule is CCNC(=NCc1ccc(C(C)(C)C)cc1)NCCOC.I. The van der Waals surface area contributed by atoms with Crippen LogP contribution in [-0.2, 0) is 16.7 Å². The molecule has 0 atom stereocenters. The third kappa shape index (κ3) is 7.98. The fourth-order valence-corrected chi connectivity index (χ4v) is 1.89. The Morgan fingerprint density at radius 1 is 1.14 bits per heavy atom. The van der Waals surface area contributed by atoms with Crippen molar-refractivity contribution in [3.8, 4) is 0 Å². The second-order valence-electron chi connectivity index (χ2n) is 6.06. The van der Waals surface area contributed by atoms with Gasteiger partial charge in [-0.3, -0.25) is 0 Å². The largest absolute Gasteiger partial charge is 0.383 e. The number of aliphatic imine (C=N–C) groups is 1. The molecule has 0 radical (unpaired) electrons. The Labute approximate surface area is 152 Å². The average Bonchev–Trinajstić information content (AvgIpc) is 2.44. The summed E-state index contributed by atoms with van der Waals surface area (Å²) in [6.07, 6.45) is 0. The monoisotopic (exact) mass is 419 g/mol. The smallest absolute Gasteiger partial charge is 0.191 e. The van der Waals surface area contributed by atoms with E-state index >= 15 is 0 Å². The molecular weight excluding hydrogens is 389 g/mol. The number of benzene rings is 1. The minimum absolute atomic E-state index is 0. The van der Waals surface area contributed by atoms with Crippen molar-refractivity contribution in [2.24, 2.45) is 4.99 Å². The van der Waals surface area contributed by atoms with Gasteiger partial charge >= 0.3 is 0 Å². The van der Waals surface area contributed by atoms with Crippen LogP contribution in [0.5, 0.6) is 0 Å². The highest BCUT2D eigenvalue weighted by atomic mass is 127. The summed E-state index contributed by atoms with van der Waals surface area (Å²) < 4.78 is 5.03. The van der Waals surface area contributed by atoms with E-state index in [-0.39, 0.29) is 29.4 Å². The molecule has 0 fully saturated rings. The van der Waals surface area contributed by atoms with E-state index in [0.717, 1.165) is 19.0 Å². The normalized spacial score (nSPS) is 11.8. The number of nitrogens with zero attached hydrogens (tertiary/aromatic N) is 1. The summed E-state index contributed by atoms with van der Waals surface area (Å²) in [4.78, 5) is 4.59. The van der Waals surface area contributed by atoms with E-state index in [0.29, 0.717) is 13.2 Å². The molecule has 0 aromatic heterocycles. The summed E-state index contributed by atoms with van der Waals surface area (Å²) in [7, 11) is 1.70. The first-order valence-corrected chi connectivity index (χ1v) is 7.58. The van der Waals surface area contributed by atoms with Crippen molar-refractivity contribution in [3.63, 3.8) is 0 Å². The van der Waals surface area contributed by atoms with Gasteiger partial charge in [-0.15, -0.1) is 24.0 Å². The third-order valence-electron chi connectivity index (χ3n) is 3.18. The van der Waals surface area contributed by atoms with Crippen LogP contribution in [0.1, 0.15) is 38.8 Å². The highest BCUT2D eigenvalue weighted by molar-refractivity contribution is 14.0. The molecule has 22 heavy (non-hydrogen) atoms. The summed E-state index contributed by atoms with van der Waals surface area (Å²) in [6, 6.07) is 8.69. The number of ether oxygens (including phenoxy) is 1. The van der Waals surface area contributed by atoms with Gasteiger partial charge in [0.25, 0.3) is 0 Å². The molecule has 0 spiro atoms. The first-order chi connectivity index (χ1) is 9.97. The molecule has 0 aliphatic carbocycles. The molecule has 0 aliphatic heterocycles. The Morgan fingerprint density at radius 2 is 1.77 bits per heavy atom. The standard InChI is InChI=1S/C17H29N3O.HI/c1-6-18-16(19-11-12-21-5)20-13-14-7-9-15(10-8-14)17(2,3)4;/h7-10H,6,11-13H2,1-5H3,(H2,18,19,20);1H. The van der Waals surface area contributed by atoms with E-state index < -0.39 is 0 Å². The number of hydrogen-bond acceptors (Lipinski definition) is 2. The van der Waals surface area contributed by atoms with Gasteiger partial charge in [0.05, 0.1) is 13.2 Å². The minimum atomic E-state index is 0. The number of guanidine groups is 1. The summed E-state index contributed by atoms with van der Waals surface area (Å²) in [6.45, 7) is 11.7. The van der Waals surface area contributed by atoms with Crippen LogP contribution in [0.2, 0.25) is 0 Å². The van der Waals surface area contributed by atoms with Crippen molar-refractivity contribution in [2.45, 2.75) is 39.7 Å². The Kier molecular flexibility index (Phi) is 10.4. The van der Waals surface area contributed by atoms with Crippen LogP contribution in [-0.4, -0.2) is 32.8 Å². The molecule has 0 unspecified atom stereocenters. The van der Waals surface area contributed by atoms with Crippen molar-refractivity contribution in [3.05, 3.63) is 35.4 Å². The highest BCUT2D eigenvalue weighted by Gasteiger charge is 2.12. The molecule has 0 heterocycles. The van der Waals surface area contributed by atoms with Gasteiger partial charge in [-0.05, 0) is 23.5 Å². The van der Waals surface area contributed by atoms with E-state index in [9.17, 15) is 0 Å². The molecular formula is C17H30IN3O. The van der Waals surface area contributed by atoms with Gasteiger partial charge < -0.3 is 15.4 Å². The molecule has 4 nitrogen and oxygen atoms in total. The molecule has 1 aromatic carbocycles. The molecule has 1 aromatic rings. The Hall–Kier alpha value is -0.820. The maximum atomic E-state index is 5.03. The van der Waals surface area contributed by atoms with Gasteiger partial charge in [0.15, 0.2) is 5.96 Å². The number of hydrogen-bond donors (Lipinski definition) is 2. The van der Waals surface area contributed by atoms with Crippen LogP contribution in [0.3, 0.4) is 0 Å². The fraction of sp³-hybridized carbons (Fsp3) is 0.588. The maximum absolute atomic E-state index is 5.03. The lowest BCUT2D eigenvalue weighted by molar-refractivity contribution is 0.203. The zero-order chi connectivity index (χ0) is 15.7. The molecule has 0 amide bonds. The van der Waals surface area contributed by atoms with Crippen LogP contribution in [0, 0.1) is 0 Å². The molecule has 1 rings (SSSR count).